The number of imidazole rings is 1. The third-order valence-corrected chi connectivity index (χ3v) is 5.23. The van der Waals surface area contributed by atoms with Crippen molar-refractivity contribution in [1.82, 2.24) is 19.9 Å². The van der Waals surface area contributed by atoms with Crippen LogP contribution in [0.5, 0.6) is 0 Å². The van der Waals surface area contributed by atoms with Crippen LogP contribution in [0.3, 0.4) is 0 Å². The molecule has 2 rings (SSSR count). The van der Waals surface area contributed by atoms with Crippen molar-refractivity contribution >= 4 is 23.0 Å². The number of hydroxylamine groups is 1. The lowest BCUT2D eigenvalue weighted by molar-refractivity contribution is -0.124. The maximum atomic E-state index is 11.3. The Kier molecular flexibility index (Phi) is 9.27. The second-order valence-corrected chi connectivity index (χ2v) is 8.08. The standard InChI is InChI=1S/C24H36N4O2/c1-6-7-8-9-10-23-25-21-17-20(12-14-24(29)26-30)11-13-22(21)28(23)16-15-27(18(2)3)19(4)5/h7-8,11-14,17-19,30H,6,9-10,15-16H2,1-5H3,(H,26,29). The first-order valence-electron chi connectivity index (χ1n) is 10.9. The van der Waals surface area contributed by atoms with Gasteiger partial charge in [-0.1, -0.05) is 25.1 Å². The van der Waals surface area contributed by atoms with Gasteiger partial charge in [0, 0.05) is 37.7 Å². The zero-order chi connectivity index (χ0) is 22.1. The minimum atomic E-state index is -0.550. The van der Waals surface area contributed by atoms with Gasteiger partial charge in [-0.15, -0.1) is 0 Å². The van der Waals surface area contributed by atoms with Gasteiger partial charge in [0.2, 0.25) is 0 Å². The van der Waals surface area contributed by atoms with E-state index in [9.17, 15) is 4.79 Å². The lowest BCUT2D eigenvalue weighted by atomic mass is 10.2. The molecule has 0 saturated heterocycles. The van der Waals surface area contributed by atoms with Gasteiger partial charge in [-0.2, -0.15) is 0 Å². The van der Waals surface area contributed by atoms with Gasteiger partial charge in [0.25, 0.3) is 5.91 Å². The van der Waals surface area contributed by atoms with E-state index in [1.54, 1.807) is 11.6 Å². The number of aromatic nitrogens is 2. The second kappa shape index (κ2) is 11.7. The Balaban J connectivity index is 2.33. The van der Waals surface area contributed by atoms with Crippen molar-refractivity contribution in [3.8, 4) is 0 Å². The van der Waals surface area contributed by atoms with Crippen LogP contribution < -0.4 is 5.48 Å². The predicted octanol–water partition coefficient (Wildman–Crippen LogP) is 4.57. The average Bonchev–Trinajstić information content (AvgIpc) is 3.05. The van der Waals surface area contributed by atoms with Crippen LogP contribution in [-0.2, 0) is 17.8 Å². The van der Waals surface area contributed by atoms with E-state index in [4.69, 9.17) is 10.2 Å². The summed E-state index contributed by atoms with van der Waals surface area (Å²) in [6.45, 7) is 13.0. The highest BCUT2D eigenvalue weighted by atomic mass is 16.5. The summed E-state index contributed by atoms with van der Waals surface area (Å²) in [5.74, 6) is 0.541. The molecule has 0 bridgehead atoms. The molecule has 164 valence electrons. The number of allylic oxidation sites excluding steroid dienone is 2. The van der Waals surface area contributed by atoms with Crippen molar-refractivity contribution in [2.24, 2.45) is 0 Å². The van der Waals surface area contributed by atoms with Gasteiger partial charge in [0.05, 0.1) is 11.0 Å². The minimum Gasteiger partial charge on any atom is -0.327 e. The first-order valence-corrected chi connectivity index (χ1v) is 10.9. The van der Waals surface area contributed by atoms with E-state index < -0.39 is 5.91 Å². The maximum Gasteiger partial charge on any atom is 0.267 e. The Hall–Kier alpha value is -2.44. The summed E-state index contributed by atoms with van der Waals surface area (Å²) in [6, 6.07) is 7.01. The lowest BCUT2D eigenvalue weighted by Crippen LogP contribution is -2.39. The monoisotopic (exact) mass is 412 g/mol. The molecule has 0 radical (unpaired) electrons. The highest BCUT2D eigenvalue weighted by molar-refractivity contribution is 5.91. The summed E-state index contributed by atoms with van der Waals surface area (Å²) in [5, 5.41) is 8.65. The quantitative estimate of drug-likeness (QED) is 0.245. The molecule has 1 heterocycles. The van der Waals surface area contributed by atoms with E-state index in [1.807, 2.05) is 12.1 Å². The summed E-state index contributed by atoms with van der Waals surface area (Å²) in [6.07, 6.45) is 10.3. The number of benzene rings is 1. The van der Waals surface area contributed by atoms with E-state index >= 15 is 0 Å². The number of aryl methyl sites for hydroxylation is 1. The van der Waals surface area contributed by atoms with E-state index in [1.165, 1.54) is 6.08 Å². The van der Waals surface area contributed by atoms with E-state index in [0.29, 0.717) is 12.1 Å². The fraction of sp³-hybridized carbons (Fsp3) is 0.500. The molecule has 0 spiro atoms. The maximum absolute atomic E-state index is 11.3. The fourth-order valence-corrected chi connectivity index (χ4v) is 3.78. The average molecular weight is 413 g/mol. The van der Waals surface area contributed by atoms with Crippen LogP contribution >= 0.6 is 0 Å². The third-order valence-electron chi connectivity index (χ3n) is 5.23. The highest BCUT2D eigenvalue weighted by Gasteiger charge is 2.16. The number of nitrogens with one attached hydrogen (secondary N) is 1. The van der Waals surface area contributed by atoms with Crippen LogP contribution in [0.1, 0.15) is 58.8 Å². The minimum absolute atomic E-state index is 0.491. The lowest BCUT2D eigenvalue weighted by Gasteiger charge is -2.30. The largest absolute Gasteiger partial charge is 0.327 e. The molecule has 0 aliphatic rings. The number of hydrogen-bond acceptors (Lipinski definition) is 4. The number of nitrogens with zero attached hydrogens (tertiary/aromatic N) is 3. The Morgan fingerprint density at radius 3 is 2.60 bits per heavy atom. The molecule has 2 aromatic rings. The number of carbonyl (C=O) groups is 1. The summed E-state index contributed by atoms with van der Waals surface area (Å²) in [7, 11) is 0. The Morgan fingerprint density at radius 1 is 1.23 bits per heavy atom. The molecule has 6 nitrogen and oxygen atoms in total. The molecule has 0 aliphatic carbocycles. The van der Waals surface area contributed by atoms with Crippen LogP contribution in [0.15, 0.2) is 36.4 Å². The van der Waals surface area contributed by atoms with Crippen LogP contribution in [-0.4, -0.2) is 44.2 Å². The summed E-state index contributed by atoms with van der Waals surface area (Å²) >= 11 is 0. The molecular formula is C24H36N4O2. The van der Waals surface area contributed by atoms with Crippen molar-refractivity contribution in [3.63, 3.8) is 0 Å². The molecule has 6 heteroatoms. The van der Waals surface area contributed by atoms with Gasteiger partial charge in [-0.25, -0.2) is 10.5 Å². The number of rotatable bonds is 11. The van der Waals surface area contributed by atoms with E-state index in [-0.39, 0.29) is 0 Å². The molecule has 0 fully saturated rings. The van der Waals surface area contributed by atoms with Crippen LogP contribution in [0.2, 0.25) is 0 Å². The summed E-state index contributed by atoms with van der Waals surface area (Å²) in [5.41, 5.74) is 4.52. The smallest absolute Gasteiger partial charge is 0.267 e. The van der Waals surface area contributed by atoms with Crippen molar-refractivity contribution in [3.05, 3.63) is 47.8 Å². The molecular weight excluding hydrogens is 376 g/mol. The predicted molar refractivity (Wildman–Crippen MR) is 123 cm³/mol. The summed E-state index contributed by atoms with van der Waals surface area (Å²) < 4.78 is 2.33. The van der Waals surface area contributed by atoms with E-state index in [0.717, 1.165) is 54.8 Å². The van der Waals surface area contributed by atoms with Gasteiger partial charge in [0.1, 0.15) is 5.82 Å². The SMILES string of the molecule is CCC=CCCc1nc2cc(C=CC(=O)NO)ccc2n1CCN(C(C)C)C(C)C. The number of amides is 1. The molecule has 1 amide bonds. The zero-order valence-corrected chi connectivity index (χ0v) is 18.9. The van der Waals surface area contributed by atoms with E-state index in [2.05, 4.69) is 62.3 Å². The van der Waals surface area contributed by atoms with Gasteiger partial charge in [-0.3, -0.25) is 14.9 Å². The van der Waals surface area contributed by atoms with Crippen LogP contribution in [0.4, 0.5) is 0 Å². The normalized spacial score (nSPS) is 12.4. The topological polar surface area (TPSA) is 70.4 Å². The van der Waals surface area contributed by atoms with Crippen molar-refractivity contribution in [1.29, 1.82) is 0 Å². The molecule has 0 unspecified atom stereocenters. The molecule has 1 aromatic carbocycles. The van der Waals surface area contributed by atoms with Gasteiger partial charge >= 0.3 is 0 Å². The van der Waals surface area contributed by atoms with Gasteiger partial charge in [0.15, 0.2) is 0 Å². The third kappa shape index (κ3) is 6.54. The molecule has 30 heavy (non-hydrogen) atoms. The first kappa shape index (κ1) is 23.8. The second-order valence-electron chi connectivity index (χ2n) is 8.08. The number of carbonyl (C=O) groups excluding carboxylic acids is 1. The zero-order valence-electron chi connectivity index (χ0n) is 18.9. The summed E-state index contributed by atoms with van der Waals surface area (Å²) in [4.78, 5) is 18.7. The molecule has 0 atom stereocenters. The van der Waals surface area contributed by atoms with Crippen molar-refractivity contribution < 1.29 is 10.0 Å². The van der Waals surface area contributed by atoms with Crippen LogP contribution in [0.25, 0.3) is 17.1 Å². The highest BCUT2D eigenvalue weighted by Crippen LogP contribution is 2.21. The Morgan fingerprint density at radius 2 is 1.97 bits per heavy atom. The van der Waals surface area contributed by atoms with Crippen molar-refractivity contribution in [2.75, 3.05) is 6.54 Å². The van der Waals surface area contributed by atoms with Gasteiger partial charge < -0.3 is 4.57 Å². The van der Waals surface area contributed by atoms with Crippen molar-refractivity contribution in [2.45, 2.75) is 72.5 Å². The molecule has 0 aliphatic heterocycles. The molecule has 1 aromatic heterocycles. The Bertz CT molecular complexity index is 873. The molecule has 2 N–H and O–H groups in total. The Labute approximate surface area is 180 Å². The fourth-order valence-electron chi connectivity index (χ4n) is 3.78. The van der Waals surface area contributed by atoms with Gasteiger partial charge in [-0.05, 0) is 64.3 Å². The first-order chi connectivity index (χ1) is 14.4. The molecule has 0 saturated carbocycles. The number of hydrogen-bond donors (Lipinski definition) is 2. The van der Waals surface area contributed by atoms with Crippen LogP contribution in [0, 0.1) is 0 Å². The number of fused-ring (bicyclic) bond motifs is 1.